The van der Waals surface area contributed by atoms with Crippen LogP contribution in [-0.4, -0.2) is 25.8 Å². The van der Waals surface area contributed by atoms with Gasteiger partial charge < -0.3 is 15.7 Å². The molecule has 3 aromatic rings. The van der Waals surface area contributed by atoms with Gasteiger partial charge in [0, 0.05) is 17.8 Å². The number of aryl methyl sites for hydroxylation is 1. The van der Waals surface area contributed by atoms with Crippen LogP contribution in [0.1, 0.15) is 58.9 Å². The van der Waals surface area contributed by atoms with Gasteiger partial charge in [-0.05, 0) is 38.3 Å². The number of hydrogen-bond donors (Lipinski definition) is 3. The summed E-state index contributed by atoms with van der Waals surface area (Å²) < 4.78 is 2.04. The molecule has 0 unspecified atom stereocenters. The standard InChI is InChI=1S/C21H25N5O2S/c1-13-8-9-16(27)14(2)19(13)24-20(28)17-12-22-21(29-17)23-18-10-11-26(25-18)15-6-4-3-5-7-15/h8-12,15,27H,3-7H2,1-2H3,(H,24,28)(H,22,23,25). The number of benzene rings is 1. The fraction of sp³-hybridized carbons (Fsp3) is 0.381. The molecule has 1 aliphatic rings. The van der Waals surface area contributed by atoms with Gasteiger partial charge in [-0.3, -0.25) is 9.48 Å². The van der Waals surface area contributed by atoms with E-state index in [1.54, 1.807) is 25.3 Å². The molecule has 152 valence electrons. The SMILES string of the molecule is Cc1ccc(O)c(C)c1NC(=O)c1cnc(Nc2ccn(C3CCCCC3)n2)s1. The molecule has 0 bridgehead atoms. The number of nitrogens with zero attached hydrogens (tertiary/aromatic N) is 3. The van der Waals surface area contributed by atoms with E-state index in [1.165, 1.54) is 43.4 Å². The second-order valence-corrected chi connectivity index (χ2v) is 8.51. The number of hydrogen-bond acceptors (Lipinski definition) is 6. The molecule has 7 nitrogen and oxygen atoms in total. The van der Waals surface area contributed by atoms with Crippen LogP contribution < -0.4 is 10.6 Å². The summed E-state index contributed by atoms with van der Waals surface area (Å²) >= 11 is 1.27. The van der Waals surface area contributed by atoms with Crippen molar-refractivity contribution in [1.29, 1.82) is 0 Å². The monoisotopic (exact) mass is 411 g/mol. The van der Waals surface area contributed by atoms with Crippen molar-refractivity contribution in [2.45, 2.75) is 52.0 Å². The fourth-order valence-electron chi connectivity index (χ4n) is 3.70. The topological polar surface area (TPSA) is 92.1 Å². The van der Waals surface area contributed by atoms with Crippen molar-refractivity contribution in [3.05, 3.63) is 46.6 Å². The van der Waals surface area contributed by atoms with E-state index in [1.807, 2.05) is 23.9 Å². The Bertz CT molecular complexity index is 1020. The molecule has 0 spiro atoms. The lowest BCUT2D eigenvalue weighted by Crippen LogP contribution is -2.13. The number of aromatic hydroxyl groups is 1. The molecule has 3 N–H and O–H groups in total. The van der Waals surface area contributed by atoms with Gasteiger partial charge in [-0.15, -0.1) is 0 Å². The minimum atomic E-state index is -0.250. The smallest absolute Gasteiger partial charge is 0.267 e. The average Bonchev–Trinajstić information content (AvgIpc) is 3.39. The highest BCUT2D eigenvalue weighted by atomic mass is 32.1. The van der Waals surface area contributed by atoms with Crippen LogP contribution >= 0.6 is 11.3 Å². The van der Waals surface area contributed by atoms with Gasteiger partial charge in [-0.25, -0.2) is 4.98 Å². The Morgan fingerprint density at radius 1 is 1.21 bits per heavy atom. The number of amides is 1. The number of thiazole rings is 1. The molecule has 0 aliphatic heterocycles. The van der Waals surface area contributed by atoms with Gasteiger partial charge in [-0.1, -0.05) is 36.7 Å². The quantitative estimate of drug-likeness (QED) is 0.539. The molecule has 29 heavy (non-hydrogen) atoms. The highest BCUT2D eigenvalue weighted by molar-refractivity contribution is 7.17. The molecule has 0 atom stereocenters. The minimum absolute atomic E-state index is 0.158. The lowest BCUT2D eigenvalue weighted by atomic mass is 9.96. The van der Waals surface area contributed by atoms with Crippen LogP contribution in [0.25, 0.3) is 0 Å². The first-order chi connectivity index (χ1) is 14.0. The first-order valence-corrected chi connectivity index (χ1v) is 10.7. The predicted octanol–water partition coefficient (Wildman–Crippen LogP) is 5.16. The Labute approximate surface area is 173 Å². The largest absolute Gasteiger partial charge is 0.508 e. The molecule has 1 saturated carbocycles. The van der Waals surface area contributed by atoms with Gasteiger partial charge in [0.1, 0.15) is 10.6 Å². The maximum absolute atomic E-state index is 12.6. The number of carbonyl (C=O) groups is 1. The van der Waals surface area contributed by atoms with Crippen molar-refractivity contribution in [1.82, 2.24) is 14.8 Å². The minimum Gasteiger partial charge on any atom is -0.508 e. The summed E-state index contributed by atoms with van der Waals surface area (Å²) in [6.07, 6.45) is 9.75. The Hall–Kier alpha value is -2.87. The molecule has 4 rings (SSSR count). The molecule has 2 heterocycles. The van der Waals surface area contributed by atoms with Crippen LogP contribution in [0, 0.1) is 13.8 Å². The normalized spacial score (nSPS) is 14.7. The second-order valence-electron chi connectivity index (χ2n) is 7.48. The zero-order valence-electron chi connectivity index (χ0n) is 16.6. The third-order valence-corrected chi connectivity index (χ3v) is 6.32. The van der Waals surface area contributed by atoms with Gasteiger partial charge in [0.15, 0.2) is 10.9 Å². The van der Waals surface area contributed by atoms with Crippen LogP contribution in [0.3, 0.4) is 0 Å². The van der Waals surface area contributed by atoms with Gasteiger partial charge in [0.25, 0.3) is 5.91 Å². The Balaban J connectivity index is 1.43. The molecule has 8 heteroatoms. The third-order valence-electron chi connectivity index (χ3n) is 5.40. The van der Waals surface area contributed by atoms with E-state index in [0.29, 0.717) is 27.3 Å². The molecule has 1 amide bonds. The molecule has 0 saturated heterocycles. The van der Waals surface area contributed by atoms with Crippen molar-refractivity contribution in [3.8, 4) is 5.75 Å². The number of rotatable bonds is 5. The van der Waals surface area contributed by atoms with E-state index in [9.17, 15) is 9.90 Å². The van der Waals surface area contributed by atoms with Crippen LogP contribution in [-0.2, 0) is 0 Å². The van der Waals surface area contributed by atoms with E-state index in [0.717, 1.165) is 11.4 Å². The first-order valence-electron chi connectivity index (χ1n) is 9.90. The van der Waals surface area contributed by atoms with E-state index >= 15 is 0 Å². The van der Waals surface area contributed by atoms with Gasteiger partial charge in [-0.2, -0.15) is 5.10 Å². The summed E-state index contributed by atoms with van der Waals surface area (Å²) in [6.45, 7) is 3.67. The molecule has 1 fully saturated rings. The lowest BCUT2D eigenvalue weighted by Gasteiger charge is -2.21. The summed E-state index contributed by atoms with van der Waals surface area (Å²) in [4.78, 5) is 17.4. The zero-order chi connectivity index (χ0) is 20.4. The molecular formula is C21H25N5O2S. The Morgan fingerprint density at radius 2 is 2.00 bits per heavy atom. The van der Waals surface area contributed by atoms with Crippen molar-refractivity contribution >= 4 is 33.9 Å². The van der Waals surface area contributed by atoms with E-state index in [4.69, 9.17) is 0 Å². The van der Waals surface area contributed by atoms with Crippen molar-refractivity contribution in [2.75, 3.05) is 10.6 Å². The van der Waals surface area contributed by atoms with E-state index < -0.39 is 0 Å². The summed E-state index contributed by atoms with van der Waals surface area (Å²) in [6, 6.07) is 5.82. The number of aromatic nitrogens is 3. The summed E-state index contributed by atoms with van der Waals surface area (Å²) in [7, 11) is 0. The molecule has 2 aromatic heterocycles. The highest BCUT2D eigenvalue weighted by Crippen LogP contribution is 2.30. The molecule has 0 radical (unpaired) electrons. The Kier molecular flexibility index (Phi) is 5.53. The summed E-state index contributed by atoms with van der Waals surface area (Å²) in [5.74, 6) is 0.641. The van der Waals surface area contributed by atoms with Crippen molar-refractivity contribution in [2.24, 2.45) is 0 Å². The number of phenols is 1. The van der Waals surface area contributed by atoms with Crippen LogP contribution in [0.4, 0.5) is 16.6 Å². The van der Waals surface area contributed by atoms with E-state index in [2.05, 4.69) is 20.7 Å². The second kappa shape index (κ2) is 8.24. The van der Waals surface area contributed by atoms with Gasteiger partial charge in [0.05, 0.1) is 17.9 Å². The number of phenolic OH excluding ortho intramolecular Hbond substituents is 1. The summed E-state index contributed by atoms with van der Waals surface area (Å²) in [5.41, 5.74) is 2.17. The van der Waals surface area contributed by atoms with Crippen molar-refractivity contribution in [3.63, 3.8) is 0 Å². The van der Waals surface area contributed by atoms with Gasteiger partial charge >= 0.3 is 0 Å². The molecule has 1 aromatic carbocycles. The highest BCUT2D eigenvalue weighted by Gasteiger charge is 2.17. The lowest BCUT2D eigenvalue weighted by molar-refractivity contribution is 0.103. The van der Waals surface area contributed by atoms with Crippen molar-refractivity contribution < 1.29 is 9.90 Å². The average molecular weight is 412 g/mol. The maximum Gasteiger partial charge on any atom is 0.267 e. The number of carbonyl (C=O) groups excluding carboxylic acids is 1. The molecular weight excluding hydrogens is 386 g/mol. The fourth-order valence-corrected chi connectivity index (χ4v) is 4.42. The van der Waals surface area contributed by atoms with Crippen LogP contribution in [0.15, 0.2) is 30.6 Å². The zero-order valence-corrected chi connectivity index (χ0v) is 17.4. The van der Waals surface area contributed by atoms with Crippen LogP contribution in [0.5, 0.6) is 5.75 Å². The maximum atomic E-state index is 12.6. The number of nitrogens with one attached hydrogen (secondary N) is 2. The predicted molar refractivity (Wildman–Crippen MR) is 115 cm³/mol. The van der Waals surface area contributed by atoms with Crippen LogP contribution in [0.2, 0.25) is 0 Å². The van der Waals surface area contributed by atoms with E-state index in [-0.39, 0.29) is 11.7 Å². The third kappa shape index (κ3) is 4.27. The molecule has 1 aliphatic carbocycles. The van der Waals surface area contributed by atoms with Gasteiger partial charge in [0.2, 0.25) is 0 Å². The first kappa shape index (κ1) is 19.4. The summed E-state index contributed by atoms with van der Waals surface area (Å²) in [5, 5.41) is 21.2. The Morgan fingerprint density at radius 3 is 2.79 bits per heavy atom. The number of anilines is 3.